The number of carbonyl (C=O) groups excluding carboxylic acids is 1. The van der Waals surface area contributed by atoms with Gasteiger partial charge < -0.3 is 14.8 Å². The van der Waals surface area contributed by atoms with Gasteiger partial charge in [0.2, 0.25) is 0 Å². The van der Waals surface area contributed by atoms with Crippen LogP contribution in [-0.2, 0) is 14.3 Å². The number of aryl methyl sites for hydroxylation is 2. The van der Waals surface area contributed by atoms with Gasteiger partial charge in [0.25, 0.3) is 5.91 Å². The summed E-state index contributed by atoms with van der Waals surface area (Å²) in [4.78, 5) is 16.3. The van der Waals surface area contributed by atoms with E-state index in [0.29, 0.717) is 6.61 Å². The summed E-state index contributed by atoms with van der Waals surface area (Å²) in [7, 11) is 0. The standard InChI is InChI=1S/C13H20N2O3S/c1-8-13(19-10(3)14-8)15-12(16)9(2)18-7-11-5-4-6-17-11/h9,11H,4-7H2,1-3H3,(H,15,16)/t9-,11+/m1/s1. The molecule has 1 aromatic heterocycles. The topological polar surface area (TPSA) is 60.5 Å². The minimum Gasteiger partial charge on any atom is -0.376 e. The fourth-order valence-corrected chi connectivity index (χ4v) is 2.79. The number of amides is 1. The van der Waals surface area contributed by atoms with Crippen molar-refractivity contribution in [2.75, 3.05) is 18.5 Å². The van der Waals surface area contributed by atoms with Crippen LogP contribution >= 0.6 is 11.3 Å². The van der Waals surface area contributed by atoms with E-state index < -0.39 is 6.10 Å². The van der Waals surface area contributed by atoms with E-state index in [0.717, 1.165) is 35.2 Å². The zero-order chi connectivity index (χ0) is 13.8. The number of nitrogens with zero attached hydrogens (tertiary/aromatic N) is 1. The summed E-state index contributed by atoms with van der Waals surface area (Å²) in [5.74, 6) is -0.134. The second kappa shape index (κ2) is 6.45. The summed E-state index contributed by atoms with van der Waals surface area (Å²) in [6, 6.07) is 0. The number of nitrogens with one attached hydrogen (secondary N) is 1. The van der Waals surface area contributed by atoms with Crippen molar-refractivity contribution in [1.29, 1.82) is 0 Å². The number of thiazole rings is 1. The minimum atomic E-state index is -0.481. The van der Waals surface area contributed by atoms with Crippen molar-refractivity contribution in [3.05, 3.63) is 10.7 Å². The molecule has 2 heterocycles. The Kier molecular flexibility index (Phi) is 4.90. The van der Waals surface area contributed by atoms with Gasteiger partial charge in [-0.2, -0.15) is 0 Å². The van der Waals surface area contributed by atoms with Gasteiger partial charge in [0.15, 0.2) is 0 Å². The van der Waals surface area contributed by atoms with Gasteiger partial charge in [0, 0.05) is 6.61 Å². The van der Waals surface area contributed by atoms with Crippen molar-refractivity contribution in [1.82, 2.24) is 4.98 Å². The van der Waals surface area contributed by atoms with Crippen LogP contribution in [0.4, 0.5) is 5.00 Å². The molecule has 1 aliphatic rings. The molecule has 0 unspecified atom stereocenters. The number of ether oxygens (including phenoxy) is 2. The fraction of sp³-hybridized carbons (Fsp3) is 0.692. The molecular formula is C13H20N2O3S. The quantitative estimate of drug-likeness (QED) is 0.901. The van der Waals surface area contributed by atoms with E-state index in [1.807, 2.05) is 13.8 Å². The largest absolute Gasteiger partial charge is 0.376 e. The summed E-state index contributed by atoms with van der Waals surface area (Å²) in [5, 5.41) is 4.60. The third-order valence-electron chi connectivity index (χ3n) is 3.07. The van der Waals surface area contributed by atoms with Crippen LogP contribution in [-0.4, -0.2) is 36.3 Å². The maximum absolute atomic E-state index is 12.0. The molecule has 1 saturated heterocycles. The van der Waals surface area contributed by atoms with E-state index in [4.69, 9.17) is 9.47 Å². The molecule has 0 bridgehead atoms. The SMILES string of the molecule is Cc1nc(C)c(NC(=O)[C@@H](C)OC[C@@H]2CCCO2)s1. The second-order valence-electron chi connectivity index (χ2n) is 4.75. The van der Waals surface area contributed by atoms with Gasteiger partial charge in [-0.05, 0) is 33.6 Å². The summed E-state index contributed by atoms with van der Waals surface area (Å²) < 4.78 is 11.0. The van der Waals surface area contributed by atoms with Gasteiger partial charge in [-0.3, -0.25) is 4.79 Å². The number of aromatic nitrogens is 1. The zero-order valence-corrected chi connectivity index (χ0v) is 12.4. The molecule has 106 valence electrons. The fourth-order valence-electron chi connectivity index (χ4n) is 1.96. The van der Waals surface area contributed by atoms with Crippen LogP contribution in [0, 0.1) is 13.8 Å². The van der Waals surface area contributed by atoms with Crippen LogP contribution in [0.2, 0.25) is 0 Å². The van der Waals surface area contributed by atoms with E-state index in [-0.39, 0.29) is 12.0 Å². The average Bonchev–Trinajstić information content (AvgIpc) is 2.97. The monoisotopic (exact) mass is 284 g/mol. The van der Waals surface area contributed by atoms with Crippen molar-refractivity contribution >= 4 is 22.2 Å². The highest BCUT2D eigenvalue weighted by Gasteiger charge is 2.20. The average molecular weight is 284 g/mol. The van der Waals surface area contributed by atoms with E-state index in [9.17, 15) is 4.79 Å². The molecule has 6 heteroatoms. The molecule has 0 saturated carbocycles. The first-order valence-electron chi connectivity index (χ1n) is 6.54. The number of rotatable bonds is 5. The van der Waals surface area contributed by atoms with E-state index in [1.54, 1.807) is 6.92 Å². The highest BCUT2D eigenvalue weighted by atomic mass is 32.1. The molecule has 0 spiro atoms. The summed E-state index contributed by atoms with van der Waals surface area (Å²) in [5.41, 5.74) is 0.849. The molecule has 1 N–H and O–H groups in total. The molecule has 2 atom stereocenters. The third-order valence-corrected chi connectivity index (χ3v) is 4.05. The lowest BCUT2D eigenvalue weighted by Gasteiger charge is -2.15. The van der Waals surface area contributed by atoms with Crippen molar-refractivity contribution in [3.63, 3.8) is 0 Å². The molecule has 0 aromatic carbocycles. The predicted molar refractivity (Wildman–Crippen MR) is 74.6 cm³/mol. The Labute approximate surface area is 117 Å². The highest BCUT2D eigenvalue weighted by molar-refractivity contribution is 7.16. The van der Waals surface area contributed by atoms with Gasteiger partial charge >= 0.3 is 0 Å². The smallest absolute Gasteiger partial charge is 0.253 e. The summed E-state index contributed by atoms with van der Waals surface area (Å²) >= 11 is 1.48. The van der Waals surface area contributed by atoms with E-state index >= 15 is 0 Å². The van der Waals surface area contributed by atoms with Gasteiger partial charge in [-0.1, -0.05) is 0 Å². The molecule has 5 nitrogen and oxygen atoms in total. The Morgan fingerprint density at radius 2 is 2.42 bits per heavy atom. The minimum absolute atomic E-state index is 0.134. The Hall–Kier alpha value is -0.980. The van der Waals surface area contributed by atoms with Crippen LogP contribution < -0.4 is 5.32 Å². The zero-order valence-electron chi connectivity index (χ0n) is 11.6. The van der Waals surface area contributed by atoms with Gasteiger partial charge in [-0.15, -0.1) is 11.3 Å². The summed E-state index contributed by atoms with van der Waals surface area (Å²) in [6.45, 7) is 6.85. The van der Waals surface area contributed by atoms with Crippen LogP contribution in [0.25, 0.3) is 0 Å². The number of hydrogen-bond acceptors (Lipinski definition) is 5. The lowest BCUT2D eigenvalue weighted by molar-refractivity contribution is -0.128. The van der Waals surface area contributed by atoms with Gasteiger partial charge in [-0.25, -0.2) is 4.98 Å². The molecule has 2 rings (SSSR count). The lowest BCUT2D eigenvalue weighted by Crippen LogP contribution is -2.30. The molecule has 0 aliphatic carbocycles. The molecule has 1 fully saturated rings. The maximum Gasteiger partial charge on any atom is 0.253 e. The number of anilines is 1. The van der Waals surface area contributed by atoms with Gasteiger partial charge in [0.05, 0.1) is 23.4 Å². The third kappa shape index (κ3) is 3.99. The molecular weight excluding hydrogens is 264 g/mol. The Bertz CT molecular complexity index is 441. The van der Waals surface area contributed by atoms with Crippen molar-refractivity contribution in [3.8, 4) is 0 Å². The van der Waals surface area contributed by atoms with Gasteiger partial charge in [0.1, 0.15) is 11.1 Å². The first-order valence-corrected chi connectivity index (χ1v) is 7.36. The first-order chi connectivity index (χ1) is 9.06. The van der Waals surface area contributed by atoms with Crippen molar-refractivity contribution in [2.45, 2.75) is 45.8 Å². The summed E-state index contributed by atoms with van der Waals surface area (Å²) in [6.07, 6.45) is 1.75. The first kappa shape index (κ1) is 14.4. The number of hydrogen-bond donors (Lipinski definition) is 1. The van der Waals surface area contributed by atoms with Crippen LogP contribution in [0.3, 0.4) is 0 Å². The van der Waals surface area contributed by atoms with Crippen LogP contribution in [0.15, 0.2) is 0 Å². The predicted octanol–water partition coefficient (Wildman–Crippen LogP) is 2.28. The van der Waals surface area contributed by atoms with Crippen molar-refractivity contribution < 1.29 is 14.3 Å². The van der Waals surface area contributed by atoms with Crippen LogP contribution in [0.1, 0.15) is 30.5 Å². The van der Waals surface area contributed by atoms with Crippen LogP contribution in [0.5, 0.6) is 0 Å². The molecule has 19 heavy (non-hydrogen) atoms. The Balaban J connectivity index is 1.80. The van der Waals surface area contributed by atoms with E-state index in [2.05, 4.69) is 10.3 Å². The number of carbonyl (C=O) groups is 1. The second-order valence-corrected chi connectivity index (χ2v) is 5.95. The Morgan fingerprint density at radius 3 is 3.00 bits per heavy atom. The molecule has 0 radical (unpaired) electrons. The molecule has 1 aromatic rings. The molecule has 1 aliphatic heterocycles. The highest BCUT2D eigenvalue weighted by Crippen LogP contribution is 2.23. The molecule has 1 amide bonds. The maximum atomic E-state index is 12.0. The normalized spacial score (nSPS) is 20.5. The Morgan fingerprint density at radius 1 is 1.63 bits per heavy atom. The van der Waals surface area contributed by atoms with Crippen molar-refractivity contribution in [2.24, 2.45) is 0 Å². The lowest BCUT2D eigenvalue weighted by atomic mass is 10.2. The van der Waals surface area contributed by atoms with E-state index in [1.165, 1.54) is 11.3 Å².